The summed E-state index contributed by atoms with van der Waals surface area (Å²) in [7, 11) is 0. The predicted octanol–water partition coefficient (Wildman–Crippen LogP) is 6.03. The second-order valence-corrected chi connectivity index (χ2v) is 8.39. The Hall–Kier alpha value is -2.62. The van der Waals surface area contributed by atoms with Crippen molar-refractivity contribution in [3.8, 4) is 0 Å². The summed E-state index contributed by atoms with van der Waals surface area (Å²) in [6.07, 6.45) is 2.48. The van der Waals surface area contributed by atoms with Gasteiger partial charge in [-0.2, -0.15) is 13.2 Å². The maximum Gasteiger partial charge on any atom is 0.417 e. The minimum absolute atomic E-state index is 0.105. The van der Waals surface area contributed by atoms with E-state index in [2.05, 4.69) is 10.3 Å². The number of pyridine rings is 1. The van der Waals surface area contributed by atoms with Gasteiger partial charge in [-0.15, -0.1) is 11.8 Å². The highest BCUT2D eigenvalue weighted by Gasteiger charge is 2.35. The van der Waals surface area contributed by atoms with Crippen LogP contribution in [0.1, 0.15) is 49.1 Å². The third-order valence-corrected chi connectivity index (χ3v) is 6.30. The van der Waals surface area contributed by atoms with Gasteiger partial charge in [-0.05, 0) is 42.4 Å². The molecule has 6 nitrogen and oxygen atoms in total. The SMILES string of the molecule is CSc1ccc(C(CC2CCCC2)C(=O)Nc2ccc([N+](=O)[O-])cn2)cc1C(F)(F)F. The molecule has 0 spiro atoms. The van der Waals surface area contributed by atoms with Gasteiger partial charge >= 0.3 is 6.18 Å². The van der Waals surface area contributed by atoms with Gasteiger partial charge in [-0.1, -0.05) is 31.7 Å². The molecule has 1 aromatic heterocycles. The summed E-state index contributed by atoms with van der Waals surface area (Å²) in [5, 5.41) is 13.4. The van der Waals surface area contributed by atoms with Crippen LogP contribution in [0.2, 0.25) is 0 Å². The highest BCUT2D eigenvalue weighted by Crippen LogP contribution is 2.40. The number of carbonyl (C=O) groups is 1. The number of hydrogen-bond donors (Lipinski definition) is 1. The smallest absolute Gasteiger partial charge is 0.310 e. The largest absolute Gasteiger partial charge is 0.417 e. The Balaban J connectivity index is 1.90. The topological polar surface area (TPSA) is 85.1 Å². The molecule has 0 bridgehead atoms. The van der Waals surface area contributed by atoms with E-state index in [1.54, 1.807) is 12.3 Å². The predicted molar refractivity (Wildman–Crippen MR) is 112 cm³/mol. The van der Waals surface area contributed by atoms with E-state index in [0.29, 0.717) is 12.0 Å². The molecule has 0 radical (unpaired) electrons. The van der Waals surface area contributed by atoms with Crippen LogP contribution in [0, 0.1) is 16.0 Å². The number of nitro groups is 1. The maximum absolute atomic E-state index is 13.6. The standard InChI is InChI=1S/C21H22F3N3O3S/c1-31-18-8-6-14(11-17(18)21(22,23)24)16(10-13-4-2-3-5-13)20(28)26-19-9-7-15(12-25-19)27(29)30/h6-9,11-13,16H,2-5,10H2,1H3,(H,25,26,28). The Morgan fingerprint density at radius 3 is 2.55 bits per heavy atom. The van der Waals surface area contributed by atoms with Crippen LogP contribution >= 0.6 is 11.8 Å². The minimum Gasteiger partial charge on any atom is -0.310 e. The van der Waals surface area contributed by atoms with E-state index in [9.17, 15) is 28.1 Å². The summed E-state index contributed by atoms with van der Waals surface area (Å²) < 4.78 is 40.7. The van der Waals surface area contributed by atoms with Crippen molar-refractivity contribution >= 4 is 29.2 Å². The van der Waals surface area contributed by atoms with Crippen LogP contribution in [-0.2, 0) is 11.0 Å². The quantitative estimate of drug-likeness (QED) is 0.314. The van der Waals surface area contributed by atoms with Crippen molar-refractivity contribution in [3.05, 3.63) is 57.8 Å². The molecule has 0 saturated heterocycles. The number of halogens is 3. The average Bonchev–Trinajstić information content (AvgIpc) is 3.24. The molecule has 1 N–H and O–H groups in total. The van der Waals surface area contributed by atoms with Crippen LogP contribution in [0.4, 0.5) is 24.7 Å². The number of anilines is 1. The molecule has 1 aliphatic rings. The zero-order valence-corrected chi connectivity index (χ0v) is 17.6. The summed E-state index contributed by atoms with van der Waals surface area (Å²) in [6, 6.07) is 6.56. The van der Waals surface area contributed by atoms with Crippen LogP contribution in [0.3, 0.4) is 0 Å². The lowest BCUT2D eigenvalue weighted by atomic mass is 9.86. The van der Waals surface area contributed by atoms with Gasteiger partial charge in [0, 0.05) is 11.0 Å². The fourth-order valence-electron chi connectivity index (χ4n) is 3.92. The highest BCUT2D eigenvalue weighted by atomic mass is 32.2. The summed E-state index contributed by atoms with van der Waals surface area (Å²) >= 11 is 1.00. The number of amides is 1. The Morgan fingerprint density at radius 2 is 2.00 bits per heavy atom. The van der Waals surface area contributed by atoms with Gasteiger partial charge < -0.3 is 5.32 Å². The third kappa shape index (κ3) is 5.75. The van der Waals surface area contributed by atoms with E-state index in [0.717, 1.165) is 49.7 Å². The summed E-state index contributed by atoms with van der Waals surface area (Å²) in [4.78, 5) is 27.2. The van der Waals surface area contributed by atoms with Crippen LogP contribution in [-0.4, -0.2) is 22.1 Å². The van der Waals surface area contributed by atoms with Crippen molar-refractivity contribution in [2.24, 2.45) is 5.92 Å². The van der Waals surface area contributed by atoms with Gasteiger partial charge in [0.05, 0.1) is 16.4 Å². The molecule has 31 heavy (non-hydrogen) atoms. The maximum atomic E-state index is 13.6. The molecule has 1 aliphatic carbocycles. The first-order chi connectivity index (χ1) is 14.7. The van der Waals surface area contributed by atoms with Crippen LogP contribution in [0.15, 0.2) is 41.4 Å². The molecule has 1 aromatic carbocycles. The van der Waals surface area contributed by atoms with Gasteiger partial charge in [0.2, 0.25) is 5.91 Å². The number of nitrogens with one attached hydrogen (secondary N) is 1. The van der Waals surface area contributed by atoms with Crippen LogP contribution in [0.25, 0.3) is 0 Å². The molecule has 1 unspecified atom stereocenters. The number of carbonyl (C=O) groups excluding carboxylic acids is 1. The van der Waals surface area contributed by atoms with Crippen LogP contribution < -0.4 is 5.32 Å². The van der Waals surface area contributed by atoms with Crippen molar-refractivity contribution in [3.63, 3.8) is 0 Å². The van der Waals surface area contributed by atoms with Crippen molar-refractivity contribution in [1.29, 1.82) is 0 Å². The van der Waals surface area contributed by atoms with Gasteiger partial charge in [-0.3, -0.25) is 14.9 Å². The van der Waals surface area contributed by atoms with E-state index < -0.39 is 28.5 Å². The van der Waals surface area contributed by atoms with E-state index >= 15 is 0 Å². The Labute approximate surface area is 181 Å². The van der Waals surface area contributed by atoms with Crippen molar-refractivity contribution in [2.45, 2.75) is 49.1 Å². The first-order valence-electron chi connectivity index (χ1n) is 9.85. The average molecular weight is 453 g/mol. The molecule has 1 amide bonds. The number of aromatic nitrogens is 1. The Morgan fingerprint density at radius 1 is 1.29 bits per heavy atom. The van der Waals surface area contributed by atoms with Crippen LogP contribution in [0.5, 0.6) is 0 Å². The van der Waals surface area contributed by atoms with Gasteiger partial charge in [0.1, 0.15) is 12.0 Å². The van der Waals surface area contributed by atoms with Crippen molar-refractivity contribution in [2.75, 3.05) is 11.6 Å². The zero-order valence-electron chi connectivity index (χ0n) is 16.8. The van der Waals surface area contributed by atoms with Crippen molar-refractivity contribution < 1.29 is 22.9 Å². The van der Waals surface area contributed by atoms with E-state index in [1.165, 1.54) is 18.2 Å². The third-order valence-electron chi connectivity index (χ3n) is 5.50. The molecule has 166 valence electrons. The molecule has 10 heteroatoms. The lowest BCUT2D eigenvalue weighted by Gasteiger charge is -2.22. The van der Waals surface area contributed by atoms with E-state index in [1.807, 2.05) is 0 Å². The number of nitrogens with zero attached hydrogens (tertiary/aromatic N) is 2. The summed E-state index contributed by atoms with van der Waals surface area (Å²) in [6.45, 7) is 0. The molecule has 0 aliphatic heterocycles. The summed E-state index contributed by atoms with van der Waals surface area (Å²) in [5.41, 5.74) is -0.672. The van der Waals surface area contributed by atoms with Gasteiger partial charge in [-0.25, -0.2) is 4.98 Å². The number of alkyl halides is 3. The number of benzene rings is 1. The molecular formula is C21H22F3N3O3S. The lowest BCUT2D eigenvalue weighted by molar-refractivity contribution is -0.385. The summed E-state index contributed by atoms with van der Waals surface area (Å²) in [5.74, 6) is -0.880. The van der Waals surface area contributed by atoms with Gasteiger partial charge in [0.25, 0.3) is 5.69 Å². The Kier molecular flexibility index (Phi) is 7.19. The Bertz CT molecular complexity index is 945. The molecule has 3 rings (SSSR count). The molecule has 2 aromatic rings. The van der Waals surface area contributed by atoms with Crippen molar-refractivity contribution in [1.82, 2.24) is 4.98 Å². The monoisotopic (exact) mass is 453 g/mol. The zero-order chi connectivity index (χ0) is 22.6. The molecule has 1 fully saturated rings. The second kappa shape index (κ2) is 9.67. The lowest BCUT2D eigenvalue weighted by Crippen LogP contribution is -2.24. The molecule has 1 heterocycles. The van der Waals surface area contributed by atoms with E-state index in [4.69, 9.17) is 0 Å². The highest BCUT2D eigenvalue weighted by molar-refractivity contribution is 7.98. The fraction of sp³-hybridized carbons (Fsp3) is 0.429. The second-order valence-electron chi connectivity index (χ2n) is 7.54. The minimum atomic E-state index is -4.53. The molecule has 1 atom stereocenters. The first-order valence-corrected chi connectivity index (χ1v) is 11.1. The normalized spacial score (nSPS) is 15.6. The van der Waals surface area contributed by atoms with Gasteiger partial charge in [0.15, 0.2) is 0 Å². The number of thioether (sulfide) groups is 1. The molecule has 1 saturated carbocycles. The molecular weight excluding hydrogens is 431 g/mol. The fourth-order valence-corrected chi connectivity index (χ4v) is 4.52. The number of hydrogen-bond acceptors (Lipinski definition) is 5. The van der Waals surface area contributed by atoms with E-state index in [-0.39, 0.29) is 22.3 Å². The first kappa shape index (κ1) is 23.1. The number of rotatable bonds is 7.